The molecular weight excluding hydrogens is 262 g/mol. The Hall–Kier alpha value is 1.14. The van der Waals surface area contributed by atoms with E-state index in [-0.39, 0.29) is 6.67 Å². The molecule has 0 rings (SSSR count). The molecule has 0 saturated heterocycles. The lowest BCUT2D eigenvalue weighted by Crippen LogP contribution is -1.65. The highest BCUT2D eigenvalue weighted by Gasteiger charge is 1.63. The second kappa shape index (κ2) is 16.5. The molecule has 0 heterocycles. The van der Waals surface area contributed by atoms with Gasteiger partial charge in [-0.25, -0.2) is 0 Å². The monoisotopic (exact) mass is 268 g/mol. The van der Waals surface area contributed by atoms with Crippen molar-refractivity contribution in [2.24, 2.45) is 0 Å². The van der Waals surface area contributed by atoms with E-state index in [0.29, 0.717) is 5.33 Å². The maximum absolute atomic E-state index is 10.7. The summed E-state index contributed by atoms with van der Waals surface area (Å²) >= 11 is 5.02. The van der Waals surface area contributed by atoms with E-state index in [4.69, 9.17) is 0 Å². The highest BCUT2D eigenvalue weighted by molar-refractivity contribution is 14.1. The normalized spacial score (nSPS) is 6.00. The van der Waals surface area contributed by atoms with Crippen molar-refractivity contribution in [3.8, 4) is 0 Å². The lowest BCUT2D eigenvalue weighted by atomic mass is 10.9. The molecule has 0 fully saturated rings. The lowest BCUT2D eigenvalue weighted by molar-refractivity contribution is 0.535. The van der Waals surface area contributed by atoms with Gasteiger partial charge in [-0.1, -0.05) is 38.5 Å². The first-order valence-electron chi connectivity index (χ1n) is 1.41. The third-order valence-electron chi connectivity index (χ3n) is 0.0714. The van der Waals surface area contributed by atoms with E-state index in [0.717, 1.165) is 0 Å². The summed E-state index contributed by atoms with van der Waals surface area (Å²) in [6.45, 7) is -0.264. The topological polar surface area (TPSA) is 0 Å². The fourth-order valence-corrected chi connectivity index (χ4v) is 0. The zero-order valence-electron chi connectivity index (χ0n) is 3.55. The number of alkyl halides is 3. The maximum atomic E-state index is 10.7. The van der Waals surface area contributed by atoms with E-state index < -0.39 is 0 Å². The Balaban J connectivity index is 0. The maximum Gasteiger partial charge on any atom is 0.0991 e. The van der Waals surface area contributed by atoms with Crippen molar-refractivity contribution in [2.75, 3.05) is 16.9 Å². The van der Waals surface area contributed by atoms with Gasteiger partial charge in [0.15, 0.2) is 0 Å². The van der Waals surface area contributed by atoms with Crippen molar-refractivity contribution < 1.29 is 4.39 Å². The predicted molar refractivity (Wildman–Crippen MR) is 39.7 cm³/mol. The third-order valence-corrected chi connectivity index (χ3v) is 0.371. The molecule has 0 radical (unpaired) electrons. The van der Waals surface area contributed by atoms with Gasteiger partial charge in [0.05, 0.1) is 6.67 Å². The minimum atomic E-state index is -0.264. The molecule has 0 aliphatic heterocycles. The molecule has 0 aliphatic rings. The summed E-state index contributed by atoms with van der Waals surface area (Å²) in [6, 6.07) is 0. The van der Waals surface area contributed by atoms with Gasteiger partial charge in [0.25, 0.3) is 0 Å². The van der Waals surface area contributed by atoms with Gasteiger partial charge in [0, 0.05) is 5.33 Å². The Labute approximate surface area is 59.8 Å². The van der Waals surface area contributed by atoms with E-state index in [9.17, 15) is 4.39 Å². The van der Waals surface area contributed by atoms with Gasteiger partial charge in [-0.05, 0) is 4.93 Å². The van der Waals surface area contributed by atoms with E-state index in [1.807, 2.05) is 4.93 Å². The molecule has 0 aromatic rings. The zero-order chi connectivity index (χ0) is 5.41. The fraction of sp³-hybridized carbons (Fsp3) is 1.00. The Kier molecular flexibility index (Phi) is 27.9. The summed E-state index contributed by atoms with van der Waals surface area (Å²) in [5.41, 5.74) is 0. The van der Waals surface area contributed by atoms with Gasteiger partial charge < -0.3 is 0 Å². The third kappa shape index (κ3) is 19.2. The second-order valence-corrected chi connectivity index (χ2v) is 1.17. The average molecular weight is 269 g/mol. The molecule has 0 bridgehead atoms. The molecule has 0 aliphatic carbocycles. The quantitative estimate of drug-likeness (QED) is 0.506. The minimum Gasteiger partial charge on any atom is -0.250 e. The van der Waals surface area contributed by atoms with Gasteiger partial charge in [0.2, 0.25) is 0 Å². The van der Waals surface area contributed by atoms with Crippen molar-refractivity contribution in [1.29, 1.82) is 0 Å². The molecule has 0 spiro atoms. The van der Waals surface area contributed by atoms with E-state index >= 15 is 0 Å². The molecule has 0 atom stereocenters. The summed E-state index contributed by atoms with van der Waals surface area (Å²) in [7, 11) is 0. The van der Waals surface area contributed by atoms with Crippen LogP contribution in [0.3, 0.4) is 0 Å². The van der Waals surface area contributed by atoms with Crippen LogP contribution < -0.4 is 0 Å². The van der Waals surface area contributed by atoms with Crippen molar-refractivity contribution in [2.45, 2.75) is 0 Å². The summed E-state index contributed by atoms with van der Waals surface area (Å²) < 4.78 is 10.7. The van der Waals surface area contributed by atoms with Crippen molar-refractivity contribution in [3.63, 3.8) is 0 Å². The highest BCUT2D eigenvalue weighted by atomic mass is 127. The standard InChI is InChI=1S/C2H4BrF.CH3I/c3-1-2-4;1-2/h1-2H2;1H3. The highest BCUT2D eigenvalue weighted by Crippen LogP contribution is 1.75. The van der Waals surface area contributed by atoms with Crippen molar-refractivity contribution in [1.82, 2.24) is 0 Å². The zero-order valence-corrected chi connectivity index (χ0v) is 7.29. The SMILES string of the molecule is CI.FCCBr. The Morgan fingerprint density at radius 2 is 1.83 bits per heavy atom. The Bertz CT molecular complexity index is 12.8. The van der Waals surface area contributed by atoms with Crippen LogP contribution in [0.2, 0.25) is 0 Å². The summed E-state index contributed by atoms with van der Waals surface area (Å²) in [5, 5.41) is 0.465. The molecule has 6 heavy (non-hydrogen) atoms. The van der Waals surface area contributed by atoms with Crippen LogP contribution in [-0.4, -0.2) is 16.9 Å². The van der Waals surface area contributed by atoms with Crippen LogP contribution in [0.5, 0.6) is 0 Å². The molecule has 3 heteroatoms. The van der Waals surface area contributed by atoms with Gasteiger partial charge >= 0.3 is 0 Å². The van der Waals surface area contributed by atoms with Crippen molar-refractivity contribution in [3.05, 3.63) is 0 Å². The minimum absolute atomic E-state index is 0.264. The molecule has 0 aromatic heterocycles. The van der Waals surface area contributed by atoms with Crippen LogP contribution in [0, 0.1) is 0 Å². The first-order valence-corrected chi connectivity index (χ1v) is 4.69. The summed E-state index contributed by atoms with van der Waals surface area (Å²) in [4.78, 5) is 1.97. The van der Waals surface area contributed by atoms with Crippen LogP contribution in [0.4, 0.5) is 4.39 Å². The number of hydrogen-bond acceptors (Lipinski definition) is 0. The molecule has 0 unspecified atom stereocenters. The van der Waals surface area contributed by atoms with Gasteiger partial charge in [-0.3, -0.25) is 4.39 Å². The van der Waals surface area contributed by atoms with Crippen LogP contribution in [0.25, 0.3) is 0 Å². The molecule has 40 valence electrons. The van der Waals surface area contributed by atoms with Crippen LogP contribution in [-0.2, 0) is 0 Å². The Morgan fingerprint density at radius 3 is 1.83 bits per heavy atom. The van der Waals surface area contributed by atoms with Gasteiger partial charge in [-0.15, -0.1) is 0 Å². The second-order valence-electron chi connectivity index (χ2n) is 0.378. The predicted octanol–water partition coefficient (Wildman–Crippen LogP) is 2.40. The van der Waals surface area contributed by atoms with E-state index in [1.54, 1.807) is 0 Å². The Morgan fingerprint density at radius 1 is 1.67 bits per heavy atom. The van der Waals surface area contributed by atoms with E-state index in [2.05, 4.69) is 38.5 Å². The summed E-state index contributed by atoms with van der Waals surface area (Å²) in [6.07, 6.45) is 0. The average Bonchev–Trinajstić information content (AvgIpc) is 1.72. The molecule has 0 N–H and O–H groups in total. The number of rotatable bonds is 1. The van der Waals surface area contributed by atoms with Crippen LogP contribution >= 0.6 is 38.5 Å². The lowest BCUT2D eigenvalue weighted by Gasteiger charge is -1.62. The van der Waals surface area contributed by atoms with Gasteiger partial charge in [-0.2, -0.15) is 0 Å². The largest absolute Gasteiger partial charge is 0.250 e. The van der Waals surface area contributed by atoms with Crippen molar-refractivity contribution >= 4 is 38.5 Å². The summed E-state index contributed by atoms with van der Waals surface area (Å²) in [5.74, 6) is 0. The molecule has 0 aromatic carbocycles. The molecule has 0 amide bonds. The number of halogens is 3. The van der Waals surface area contributed by atoms with Crippen LogP contribution in [0.1, 0.15) is 0 Å². The molecule has 0 nitrogen and oxygen atoms in total. The first-order chi connectivity index (χ1) is 2.91. The first kappa shape index (κ1) is 10.2. The molecular formula is C3H7BrFI. The number of hydrogen-bond donors (Lipinski definition) is 0. The van der Waals surface area contributed by atoms with E-state index in [1.165, 1.54) is 0 Å². The fourth-order valence-electron chi connectivity index (χ4n) is 0. The molecule has 0 saturated carbocycles. The smallest absolute Gasteiger partial charge is 0.0991 e. The van der Waals surface area contributed by atoms with Gasteiger partial charge in [0.1, 0.15) is 0 Å². The van der Waals surface area contributed by atoms with Crippen LogP contribution in [0.15, 0.2) is 0 Å².